The minimum absolute atomic E-state index is 0.0992. The lowest BCUT2D eigenvalue weighted by Crippen LogP contribution is -2.56. The maximum absolute atomic E-state index is 12.3. The Morgan fingerprint density at radius 3 is 2.60 bits per heavy atom. The molecule has 2 atom stereocenters. The van der Waals surface area contributed by atoms with Crippen LogP contribution in [0.4, 0.5) is 5.13 Å². The number of likely N-dealkylation sites (N-methyl/N-ethyl adjacent to an activating group) is 1. The molecule has 4 rings (SSSR count). The molecule has 25 heavy (non-hydrogen) atoms. The second-order valence-electron chi connectivity index (χ2n) is 6.52. The summed E-state index contributed by atoms with van der Waals surface area (Å²) in [5, 5.41) is 9.60. The third-order valence-corrected chi connectivity index (χ3v) is 6.12. The van der Waals surface area contributed by atoms with E-state index in [4.69, 9.17) is 11.6 Å². The predicted molar refractivity (Wildman–Crippen MR) is 99.0 cm³/mol. The average molecular weight is 378 g/mol. The van der Waals surface area contributed by atoms with Crippen LogP contribution in [-0.4, -0.2) is 64.5 Å². The summed E-state index contributed by atoms with van der Waals surface area (Å²) in [6, 6.07) is 9.69. The van der Waals surface area contributed by atoms with Crippen molar-refractivity contribution in [2.24, 2.45) is 0 Å². The molecular formula is C17H20ClN5OS. The molecule has 8 heteroatoms. The fourth-order valence-corrected chi connectivity index (χ4v) is 4.52. The third-order valence-electron chi connectivity index (χ3n) is 4.79. The first kappa shape index (κ1) is 16.9. The van der Waals surface area contributed by atoms with Crippen molar-refractivity contribution in [2.45, 2.75) is 18.0 Å². The van der Waals surface area contributed by atoms with Crippen molar-refractivity contribution in [3.8, 4) is 0 Å². The van der Waals surface area contributed by atoms with Gasteiger partial charge >= 0.3 is 0 Å². The molecule has 2 aliphatic heterocycles. The van der Waals surface area contributed by atoms with Gasteiger partial charge in [-0.2, -0.15) is 0 Å². The van der Waals surface area contributed by atoms with E-state index >= 15 is 0 Å². The van der Waals surface area contributed by atoms with E-state index in [2.05, 4.69) is 27.0 Å². The number of carbonyl (C=O) groups excluding carboxylic acids is 1. The molecule has 3 heterocycles. The molecule has 2 aliphatic rings. The first-order valence-electron chi connectivity index (χ1n) is 8.39. The standard InChI is InChI=1S/C17H20ClN5OS/c1-21-7-9-22(10-8-21)11-13-19-20-17(25-13)23-15(14(18)16(23)24)12-5-3-2-4-6-12/h2-6,14-15H,7-11H2,1H3. The molecule has 0 spiro atoms. The smallest absolute Gasteiger partial charge is 0.250 e. The SMILES string of the molecule is CN1CCN(Cc2nnc(N3C(=O)C(Cl)C3c3ccccc3)s2)CC1. The van der Waals surface area contributed by atoms with Crippen LogP contribution >= 0.6 is 22.9 Å². The second-order valence-corrected chi connectivity index (χ2v) is 8.03. The number of aromatic nitrogens is 2. The van der Waals surface area contributed by atoms with E-state index in [-0.39, 0.29) is 11.9 Å². The number of amides is 1. The van der Waals surface area contributed by atoms with E-state index in [9.17, 15) is 4.79 Å². The quantitative estimate of drug-likeness (QED) is 0.602. The maximum Gasteiger partial charge on any atom is 0.250 e. The van der Waals surface area contributed by atoms with Crippen molar-refractivity contribution in [3.05, 3.63) is 40.9 Å². The number of hydrogen-bond donors (Lipinski definition) is 0. The average Bonchev–Trinajstić information content (AvgIpc) is 3.09. The highest BCUT2D eigenvalue weighted by molar-refractivity contribution is 7.15. The molecule has 1 aromatic carbocycles. The Labute approximate surface area is 156 Å². The summed E-state index contributed by atoms with van der Waals surface area (Å²) in [7, 11) is 2.14. The molecule has 2 saturated heterocycles. The van der Waals surface area contributed by atoms with E-state index < -0.39 is 5.38 Å². The molecule has 1 amide bonds. The topological polar surface area (TPSA) is 52.6 Å². The van der Waals surface area contributed by atoms with Crippen LogP contribution in [0.5, 0.6) is 0 Å². The van der Waals surface area contributed by atoms with Gasteiger partial charge in [0.05, 0.1) is 12.6 Å². The lowest BCUT2D eigenvalue weighted by atomic mass is 9.94. The zero-order valence-corrected chi connectivity index (χ0v) is 15.6. The molecule has 132 valence electrons. The Balaban J connectivity index is 1.48. The number of halogens is 1. The number of benzene rings is 1. The number of anilines is 1. The van der Waals surface area contributed by atoms with Crippen molar-refractivity contribution in [2.75, 3.05) is 38.1 Å². The Morgan fingerprint density at radius 2 is 1.88 bits per heavy atom. The van der Waals surface area contributed by atoms with Gasteiger partial charge in [0.15, 0.2) is 0 Å². The van der Waals surface area contributed by atoms with E-state index in [0.717, 1.165) is 43.3 Å². The van der Waals surface area contributed by atoms with Gasteiger partial charge in [0.25, 0.3) is 0 Å². The van der Waals surface area contributed by atoms with Gasteiger partial charge in [0.2, 0.25) is 11.0 Å². The summed E-state index contributed by atoms with van der Waals surface area (Å²) >= 11 is 7.76. The van der Waals surface area contributed by atoms with Crippen LogP contribution in [-0.2, 0) is 11.3 Å². The molecule has 1 aromatic heterocycles. The van der Waals surface area contributed by atoms with E-state index in [1.54, 1.807) is 4.90 Å². The first-order valence-corrected chi connectivity index (χ1v) is 9.64. The Hall–Kier alpha value is -1.54. The van der Waals surface area contributed by atoms with Gasteiger partial charge < -0.3 is 4.90 Å². The van der Waals surface area contributed by atoms with E-state index in [0.29, 0.717) is 5.13 Å². The highest BCUT2D eigenvalue weighted by atomic mass is 35.5. The van der Waals surface area contributed by atoms with E-state index in [1.807, 2.05) is 30.3 Å². The normalized spacial score (nSPS) is 25.2. The van der Waals surface area contributed by atoms with Gasteiger partial charge in [-0.1, -0.05) is 41.7 Å². The van der Waals surface area contributed by atoms with Crippen LogP contribution in [0.15, 0.2) is 30.3 Å². The van der Waals surface area contributed by atoms with Gasteiger partial charge in [-0.25, -0.2) is 0 Å². The Kier molecular flexibility index (Phi) is 4.73. The number of rotatable bonds is 4. The molecular weight excluding hydrogens is 358 g/mol. The number of β-lactam (4-membered cyclic amide) rings is 1. The van der Waals surface area contributed by atoms with Crippen LogP contribution < -0.4 is 4.90 Å². The highest BCUT2D eigenvalue weighted by Crippen LogP contribution is 2.43. The largest absolute Gasteiger partial charge is 0.304 e. The molecule has 2 aromatic rings. The van der Waals surface area contributed by atoms with Gasteiger partial charge in [-0.05, 0) is 12.6 Å². The predicted octanol–water partition coefficient (Wildman–Crippen LogP) is 1.98. The number of alkyl halides is 1. The summed E-state index contributed by atoms with van der Waals surface area (Å²) in [5.41, 5.74) is 1.03. The summed E-state index contributed by atoms with van der Waals surface area (Å²) in [6.45, 7) is 4.99. The lowest BCUT2D eigenvalue weighted by Gasteiger charge is -2.42. The van der Waals surface area contributed by atoms with Gasteiger partial charge in [0.1, 0.15) is 10.4 Å². The van der Waals surface area contributed by atoms with Crippen LogP contribution in [0, 0.1) is 0 Å². The van der Waals surface area contributed by atoms with Crippen LogP contribution in [0.25, 0.3) is 0 Å². The van der Waals surface area contributed by atoms with Crippen LogP contribution in [0.3, 0.4) is 0 Å². The van der Waals surface area contributed by atoms with E-state index in [1.165, 1.54) is 11.3 Å². The number of hydrogen-bond acceptors (Lipinski definition) is 6. The van der Waals surface area contributed by atoms with Crippen molar-refractivity contribution >= 4 is 34.0 Å². The lowest BCUT2D eigenvalue weighted by molar-refractivity contribution is -0.123. The Morgan fingerprint density at radius 1 is 1.16 bits per heavy atom. The molecule has 0 bridgehead atoms. The maximum atomic E-state index is 12.3. The molecule has 0 aliphatic carbocycles. The molecule has 0 saturated carbocycles. The minimum Gasteiger partial charge on any atom is -0.304 e. The molecule has 6 nitrogen and oxygen atoms in total. The third kappa shape index (κ3) is 3.29. The highest BCUT2D eigenvalue weighted by Gasteiger charge is 2.49. The monoisotopic (exact) mass is 377 g/mol. The van der Waals surface area contributed by atoms with Crippen molar-refractivity contribution in [1.82, 2.24) is 20.0 Å². The Bertz CT molecular complexity index is 747. The summed E-state index contributed by atoms with van der Waals surface area (Å²) < 4.78 is 0. The van der Waals surface area contributed by atoms with Crippen LogP contribution in [0.1, 0.15) is 16.6 Å². The second kappa shape index (κ2) is 6.99. The molecule has 0 N–H and O–H groups in total. The molecule has 2 unspecified atom stereocenters. The van der Waals surface area contributed by atoms with Gasteiger partial charge in [-0.3, -0.25) is 14.6 Å². The van der Waals surface area contributed by atoms with Crippen molar-refractivity contribution in [3.63, 3.8) is 0 Å². The fraction of sp³-hybridized carbons (Fsp3) is 0.471. The molecule has 0 radical (unpaired) electrons. The number of carbonyl (C=O) groups is 1. The van der Waals surface area contributed by atoms with Gasteiger partial charge in [-0.15, -0.1) is 21.8 Å². The summed E-state index contributed by atoms with van der Waals surface area (Å²) in [4.78, 5) is 18.7. The number of piperazine rings is 1. The summed E-state index contributed by atoms with van der Waals surface area (Å²) in [5.74, 6) is -0.0992. The zero-order chi connectivity index (χ0) is 17.4. The fourth-order valence-electron chi connectivity index (χ4n) is 3.24. The van der Waals surface area contributed by atoms with Crippen molar-refractivity contribution in [1.29, 1.82) is 0 Å². The first-order chi connectivity index (χ1) is 12.1. The molecule has 2 fully saturated rings. The number of nitrogens with zero attached hydrogens (tertiary/aromatic N) is 5. The minimum atomic E-state index is -0.535. The van der Waals surface area contributed by atoms with Gasteiger partial charge in [0, 0.05) is 26.2 Å². The van der Waals surface area contributed by atoms with Crippen LogP contribution in [0.2, 0.25) is 0 Å². The summed E-state index contributed by atoms with van der Waals surface area (Å²) in [6.07, 6.45) is 0. The zero-order valence-electron chi connectivity index (χ0n) is 14.0. The van der Waals surface area contributed by atoms with Crippen molar-refractivity contribution < 1.29 is 4.79 Å².